The molecule has 0 spiro atoms. The molecule has 0 aromatic heterocycles. The highest BCUT2D eigenvalue weighted by atomic mass is 16.2. The van der Waals surface area contributed by atoms with Crippen LogP contribution in [0.25, 0.3) is 0 Å². The standard InChI is InChI=1S/C19H22N2O2/c1-13(2)10-14-6-8-15(9-7-14)11-18(22)21-17-5-3-4-16(12-17)19(20)23/h3-9,12-13H,10-11H2,1-2H3,(H2,20,23)(H,21,22). The number of nitrogens with one attached hydrogen (secondary N) is 1. The van der Waals surface area contributed by atoms with Crippen molar-refractivity contribution in [3.8, 4) is 0 Å². The number of rotatable bonds is 6. The SMILES string of the molecule is CC(C)Cc1ccc(CC(=O)Nc2cccc(C(N)=O)c2)cc1. The summed E-state index contributed by atoms with van der Waals surface area (Å²) in [4.78, 5) is 23.2. The van der Waals surface area contributed by atoms with Gasteiger partial charge in [0.2, 0.25) is 11.8 Å². The van der Waals surface area contributed by atoms with Gasteiger partial charge in [-0.25, -0.2) is 0 Å². The molecule has 4 nitrogen and oxygen atoms in total. The number of amides is 2. The molecule has 0 atom stereocenters. The van der Waals surface area contributed by atoms with E-state index in [-0.39, 0.29) is 5.91 Å². The number of hydrogen-bond acceptors (Lipinski definition) is 2. The van der Waals surface area contributed by atoms with Gasteiger partial charge in [-0.05, 0) is 41.7 Å². The number of anilines is 1. The van der Waals surface area contributed by atoms with E-state index in [1.807, 2.05) is 12.1 Å². The Balaban J connectivity index is 1.96. The Morgan fingerprint density at radius 1 is 1.04 bits per heavy atom. The number of benzene rings is 2. The summed E-state index contributed by atoms with van der Waals surface area (Å²) >= 11 is 0. The van der Waals surface area contributed by atoms with Gasteiger partial charge in [0.15, 0.2) is 0 Å². The molecule has 0 saturated carbocycles. The van der Waals surface area contributed by atoms with Gasteiger partial charge in [-0.1, -0.05) is 44.2 Å². The Hall–Kier alpha value is -2.62. The van der Waals surface area contributed by atoms with Crippen LogP contribution < -0.4 is 11.1 Å². The second-order valence-corrected chi connectivity index (χ2v) is 6.08. The van der Waals surface area contributed by atoms with Crippen molar-refractivity contribution >= 4 is 17.5 Å². The van der Waals surface area contributed by atoms with E-state index in [1.54, 1.807) is 24.3 Å². The van der Waals surface area contributed by atoms with Crippen LogP contribution in [0.5, 0.6) is 0 Å². The molecule has 120 valence electrons. The molecule has 0 unspecified atom stereocenters. The predicted molar refractivity (Wildman–Crippen MR) is 92.3 cm³/mol. The summed E-state index contributed by atoms with van der Waals surface area (Å²) in [5, 5.41) is 2.79. The predicted octanol–water partition coefficient (Wildman–Crippen LogP) is 3.17. The van der Waals surface area contributed by atoms with Crippen molar-refractivity contribution in [3.63, 3.8) is 0 Å². The molecule has 0 radical (unpaired) electrons. The summed E-state index contributed by atoms with van der Waals surface area (Å²) < 4.78 is 0. The molecule has 3 N–H and O–H groups in total. The number of hydrogen-bond donors (Lipinski definition) is 2. The monoisotopic (exact) mass is 310 g/mol. The van der Waals surface area contributed by atoms with Crippen LogP contribution in [0.3, 0.4) is 0 Å². The van der Waals surface area contributed by atoms with E-state index >= 15 is 0 Å². The first-order chi connectivity index (χ1) is 10.9. The van der Waals surface area contributed by atoms with Crippen molar-refractivity contribution in [2.24, 2.45) is 11.7 Å². The fraction of sp³-hybridized carbons (Fsp3) is 0.263. The zero-order valence-corrected chi connectivity index (χ0v) is 13.5. The van der Waals surface area contributed by atoms with Crippen LogP contribution in [0, 0.1) is 5.92 Å². The minimum Gasteiger partial charge on any atom is -0.366 e. The van der Waals surface area contributed by atoms with Gasteiger partial charge < -0.3 is 11.1 Å². The maximum absolute atomic E-state index is 12.1. The minimum atomic E-state index is -0.512. The summed E-state index contributed by atoms with van der Waals surface area (Å²) in [7, 11) is 0. The highest BCUT2D eigenvalue weighted by molar-refractivity contribution is 5.96. The average Bonchev–Trinajstić information content (AvgIpc) is 2.49. The van der Waals surface area contributed by atoms with E-state index in [1.165, 1.54) is 5.56 Å². The number of carbonyl (C=O) groups is 2. The van der Waals surface area contributed by atoms with Gasteiger partial charge in [-0.3, -0.25) is 9.59 Å². The molecular weight excluding hydrogens is 288 g/mol. The molecule has 4 heteroatoms. The van der Waals surface area contributed by atoms with Crippen LogP contribution in [0.1, 0.15) is 35.3 Å². The topological polar surface area (TPSA) is 72.2 Å². The van der Waals surface area contributed by atoms with Gasteiger partial charge in [0.05, 0.1) is 6.42 Å². The molecule has 2 aromatic carbocycles. The quantitative estimate of drug-likeness (QED) is 0.860. The fourth-order valence-electron chi connectivity index (χ4n) is 2.41. The smallest absolute Gasteiger partial charge is 0.248 e. The van der Waals surface area contributed by atoms with Crippen LogP contribution in [-0.2, 0) is 17.6 Å². The molecule has 0 saturated heterocycles. The van der Waals surface area contributed by atoms with Crippen molar-refractivity contribution in [1.82, 2.24) is 0 Å². The highest BCUT2D eigenvalue weighted by Gasteiger charge is 2.07. The Labute approximate surface area is 136 Å². The number of primary amides is 1. The Morgan fingerprint density at radius 3 is 2.30 bits per heavy atom. The molecule has 0 aliphatic rings. The van der Waals surface area contributed by atoms with E-state index in [4.69, 9.17) is 5.73 Å². The van der Waals surface area contributed by atoms with Gasteiger partial charge in [0.1, 0.15) is 0 Å². The largest absolute Gasteiger partial charge is 0.366 e. The van der Waals surface area contributed by atoms with Gasteiger partial charge >= 0.3 is 0 Å². The third kappa shape index (κ3) is 5.25. The number of nitrogens with two attached hydrogens (primary N) is 1. The zero-order valence-electron chi connectivity index (χ0n) is 13.5. The van der Waals surface area contributed by atoms with E-state index in [0.29, 0.717) is 23.6 Å². The molecule has 2 amide bonds. The van der Waals surface area contributed by atoms with Gasteiger partial charge in [0, 0.05) is 11.3 Å². The van der Waals surface area contributed by atoms with Crippen molar-refractivity contribution < 1.29 is 9.59 Å². The zero-order chi connectivity index (χ0) is 16.8. The van der Waals surface area contributed by atoms with Crippen LogP contribution in [0.15, 0.2) is 48.5 Å². The second kappa shape index (κ2) is 7.58. The van der Waals surface area contributed by atoms with Crippen LogP contribution in [0.2, 0.25) is 0 Å². The second-order valence-electron chi connectivity index (χ2n) is 6.08. The Kier molecular flexibility index (Phi) is 5.52. The summed E-state index contributed by atoms with van der Waals surface area (Å²) in [6.07, 6.45) is 1.33. The Morgan fingerprint density at radius 2 is 1.70 bits per heavy atom. The van der Waals surface area contributed by atoms with Crippen LogP contribution in [-0.4, -0.2) is 11.8 Å². The molecular formula is C19H22N2O2. The molecule has 2 aromatic rings. The maximum atomic E-state index is 12.1. The molecule has 0 bridgehead atoms. The van der Waals surface area contributed by atoms with E-state index in [9.17, 15) is 9.59 Å². The van der Waals surface area contributed by atoms with Crippen molar-refractivity contribution in [2.45, 2.75) is 26.7 Å². The first kappa shape index (κ1) is 16.7. The van der Waals surface area contributed by atoms with Gasteiger partial charge in [-0.2, -0.15) is 0 Å². The molecule has 23 heavy (non-hydrogen) atoms. The lowest BCUT2D eigenvalue weighted by atomic mass is 10.0. The van der Waals surface area contributed by atoms with E-state index in [2.05, 4.69) is 31.3 Å². The minimum absolute atomic E-state index is 0.122. The summed E-state index contributed by atoms with van der Waals surface area (Å²) in [6.45, 7) is 4.36. The summed E-state index contributed by atoms with van der Waals surface area (Å²) in [6, 6.07) is 14.7. The maximum Gasteiger partial charge on any atom is 0.248 e. The first-order valence-electron chi connectivity index (χ1n) is 7.71. The lowest BCUT2D eigenvalue weighted by molar-refractivity contribution is -0.115. The molecule has 0 fully saturated rings. The third-order valence-electron chi connectivity index (χ3n) is 3.46. The van der Waals surface area contributed by atoms with Crippen LogP contribution in [0.4, 0.5) is 5.69 Å². The van der Waals surface area contributed by atoms with E-state index in [0.717, 1.165) is 12.0 Å². The van der Waals surface area contributed by atoms with Crippen molar-refractivity contribution in [2.75, 3.05) is 5.32 Å². The average molecular weight is 310 g/mol. The summed E-state index contributed by atoms with van der Waals surface area (Å²) in [5.74, 6) is -0.0215. The molecule has 0 aliphatic heterocycles. The van der Waals surface area contributed by atoms with Gasteiger partial charge in [0.25, 0.3) is 0 Å². The third-order valence-corrected chi connectivity index (χ3v) is 3.46. The number of carbonyl (C=O) groups excluding carboxylic acids is 2. The fourth-order valence-corrected chi connectivity index (χ4v) is 2.41. The lowest BCUT2D eigenvalue weighted by Gasteiger charge is -2.08. The normalized spacial score (nSPS) is 10.6. The molecule has 0 aliphatic carbocycles. The van der Waals surface area contributed by atoms with Crippen LogP contribution >= 0.6 is 0 Å². The molecule has 2 rings (SSSR count). The van der Waals surface area contributed by atoms with Crippen molar-refractivity contribution in [3.05, 3.63) is 65.2 Å². The van der Waals surface area contributed by atoms with Crippen molar-refractivity contribution in [1.29, 1.82) is 0 Å². The van der Waals surface area contributed by atoms with Gasteiger partial charge in [-0.15, -0.1) is 0 Å². The lowest BCUT2D eigenvalue weighted by Crippen LogP contribution is -2.16. The molecule has 0 heterocycles. The first-order valence-corrected chi connectivity index (χ1v) is 7.71. The summed E-state index contributed by atoms with van der Waals surface area (Å²) in [5.41, 5.74) is 8.42. The van der Waals surface area contributed by atoms with E-state index < -0.39 is 5.91 Å². The highest BCUT2D eigenvalue weighted by Crippen LogP contribution is 2.13. The Bertz CT molecular complexity index is 691.